The molecule has 1 aromatic carbocycles. The van der Waals surface area contributed by atoms with Gasteiger partial charge in [-0.15, -0.1) is 0 Å². The van der Waals surface area contributed by atoms with E-state index in [1.165, 1.54) is 0 Å². The quantitative estimate of drug-likeness (QED) is 0.470. The highest BCUT2D eigenvalue weighted by Gasteiger charge is 2.41. The molecule has 1 rings (SSSR count). The molecule has 7 nitrogen and oxygen atoms in total. The van der Waals surface area contributed by atoms with Crippen molar-refractivity contribution < 1.29 is 14.6 Å². The van der Waals surface area contributed by atoms with Crippen molar-refractivity contribution in [1.82, 2.24) is 5.32 Å². The van der Waals surface area contributed by atoms with E-state index in [2.05, 4.69) is 15.3 Å². The van der Waals surface area contributed by atoms with Gasteiger partial charge in [-0.05, 0) is 37.8 Å². The average molecular weight is 334 g/mol. The molecular weight excluding hydrogens is 308 g/mol. The molecule has 0 aliphatic carbocycles. The van der Waals surface area contributed by atoms with Crippen LogP contribution < -0.4 is 5.32 Å². The fraction of sp³-hybridized carbons (Fsp3) is 0.588. The van der Waals surface area contributed by atoms with Crippen LogP contribution in [0.25, 0.3) is 10.4 Å². The number of ether oxygens (including phenoxy) is 1. The molecule has 0 aromatic heterocycles. The second kappa shape index (κ2) is 8.04. The molecule has 0 unspecified atom stereocenters. The number of alkyl carbamates (subject to hydrolysis) is 1. The van der Waals surface area contributed by atoms with Gasteiger partial charge < -0.3 is 15.2 Å². The molecule has 24 heavy (non-hydrogen) atoms. The van der Waals surface area contributed by atoms with Crippen molar-refractivity contribution in [3.05, 3.63) is 46.3 Å². The van der Waals surface area contributed by atoms with Crippen LogP contribution in [0.1, 0.15) is 40.2 Å². The van der Waals surface area contributed by atoms with Gasteiger partial charge in [-0.25, -0.2) is 4.79 Å². The lowest BCUT2D eigenvalue weighted by molar-refractivity contribution is -0.0185. The number of amides is 1. The van der Waals surface area contributed by atoms with Gasteiger partial charge in [-0.2, -0.15) is 0 Å². The molecule has 0 bridgehead atoms. The van der Waals surface area contributed by atoms with Crippen LogP contribution in [0.4, 0.5) is 4.79 Å². The van der Waals surface area contributed by atoms with E-state index in [1.54, 1.807) is 45.0 Å². The molecule has 0 heterocycles. The molecule has 0 fully saturated rings. The summed E-state index contributed by atoms with van der Waals surface area (Å²) < 4.78 is 5.29. The number of aliphatic hydroxyl groups is 1. The summed E-state index contributed by atoms with van der Waals surface area (Å²) in [5.41, 5.74) is 7.03. The normalized spacial score (nSPS) is 15.1. The van der Waals surface area contributed by atoms with Crippen molar-refractivity contribution in [1.29, 1.82) is 0 Å². The minimum absolute atomic E-state index is 0.128. The van der Waals surface area contributed by atoms with E-state index in [-0.39, 0.29) is 12.5 Å². The maximum absolute atomic E-state index is 12.2. The lowest BCUT2D eigenvalue weighted by atomic mass is 9.80. The molecule has 0 saturated carbocycles. The Morgan fingerprint density at radius 3 is 2.38 bits per heavy atom. The summed E-state index contributed by atoms with van der Waals surface area (Å²) in [4.78, 5) is 14.9. The van der Waals surface area contributed by atoms with Gasteiger partial charge in [0, 0.05) is 4.91 Å². The third-order valence-electron chi connectivity index (χ3n) is 3.50. The molecule has 0 aliphatic heterocycles. The van der Waals surface area contributed by atoms with Gasteiger partial charge in [-0.3, -0.25) is 0 Å². The van der Waals surface area contributed by atoms with Crippen molar-refractivity contribution >= 4 is 6.09 Å². The largest absolute Gasteiger partial charge is 0.444 e. The average Bonchev–Trinajstić information content (AvgIpc) is 2.49. The van der Waals surface area contributed by atoms with Crippen LogP contribution in [-0.2, 0) is 10.3 Å². The Kier molecular flexibility index (Phi) is 6.63. The molecule has 0 saturated heterocycles. The number of azide groups is 1. The molecule has 0 aliphatic rings. The van der Waals surface area contributed by atoms with Crippen LogP contribution in [0.5, 0.6) is 0 Å². The van der Waals surface area contributed by atoms with Crippen molar-refractivity contribution in [2.45, 2.75) is 51.9 Å². The Morgan fingerprint density at radius 1 is 1.33 bits per heavy atom. The van der Waals surface area contributed by atoms with Crippen LogP contribution in [0, 0.1) is 5.92 Å². The lowest BCUT2D eigenvalue weighted by Gasteiger charge is -2.38. The molecule has 1 aromatic rings. The molecule has 0 radical (unpaired) electrons. The zero-order valence-corrected chi connectivity index (χ0v) is 14.9. The van der Waals surface area contributed by atoms with Crippen LogP contribution in [0.2, 0.25) is 0 Å². The fourth-order valence-corrected chi connectivity index (χ4v) is 2.51. The molecule has 132 valence electrons. The summed E-state index contributed by atoms with van der Waals surface area (Å²) in [5, 5.41) is 17.5. The van der Waals surface area contributed by atoms with Gasteiger partial charge in [0.05, 0.1) is 12.6 Å². The van der Waals surface area contributed by atoms with Crippen LogP contribution in [0.3, 0.4) is 0 Å². The van der Waals surface area contributed by atoms with E-state index in [4.69, 9.17) is 10.3 Å². The standard InChI is InChI=1S/C17H26N4O3/c1-12(2)14(20-15(22)24-16(3,4)5)17(23,11-19-21-18)13-9-7-6-8-10-13/h6-10,12,14,23H,11H2,1-5H3,(H,20,22)/t14-,17+/m0/s1. The first-order valence-electron chi connectivity index (χ1n) is 7.88. The van der Waals surface area contributed by atoms with E-state index >= 15 is 0 Å². The maximum Gasteiger partial charge on any atom is 0.407 e. The monoisotopic (exact) mass is 334 g/mol. The second-order valence-corrected chi connectivity index (χ2v) is 7.05. The first-order chi connectivity index (χ1) is 11.1. The first-order valence-corrected chi connectivity index (χ1v) is 7.88. The van der Waals surface area contributed by atoms with Crippen molar-refractivity contribution in [3.63, 3.8) is 0 Å². The number of carbonyl (C=O) groups excluding carboxylic acids is 1. The summed E-state index contributed by atoms with van der Waals surface area (Å²) in [6.07, 6.45) is -0.628. The van der Waals surface area contributed by atoms with E-state index in [9.17, 15) is 9.90 Å². The van der Waals surface area contributed by atoms with Crippen molar-refractivity contribution in [2.75, 3.05) is 6.54 Å². The summed E-state index contributed by atoms with van der Waals surface area (Å²) in [6, 6.07) is 8.16. The smallest absolute Gasteiger partial charge is 0.407 e. The summed E-state index contributed by atoms with van der Waals surface area (Å²) >= 11 is 0. The second-order valence-electron chi connectivity index (χ2n) is 7.05. The van der Waals surface area contributed by atoms with Crippen molar-refractivity contribution in [3.8, 4) is 0 Å². The molecule has 7 heteroatoms. The third kappa shape index (κ3) is 5.44. The van der Waals surface area contributed by atoms with Crippen LogP contribution in [0.15, 0.2) is 35.4 Å². The number of hydrogen-bond acceptors (Lipinski definition) is 4. The Morgan fingerprint density at radius 2 is 1.92 bits per heavy atom. The van der Waals surface area contributed by atoms with Gasteiger partial charge >= 0.3 is 6.09 Å². The van der Waals surface area contributed by atoms with E-state index in [0.717, 1.165) is 0 Å². The number of hydrogen-bond donors (Lipinski definition) is 2. The number of benzene rings is 1. The minimum Gasteiger partial charge on any atom is -0.444 e. The molecule has 2 atom stereocenters. The number of nitrogens with one attached hydrogen (secondary N) is 1. The predicted molar refractivity (Wildman–Crippen MR) is 92.3 cm³/mol. The zero-order valence-electron chi connectivity index (χ0n) is 14.9. The predicted octanol–water partition coefficient (Wildman–Crippen LogP) is 3.73. The van der Waals surface area contributed by atoms with Gasteiger partial charge in [0.1, 0.15) is 11.2 Å². The third-order valence-corrected chi connectivity index (χ3v) is 3.50. The van der Waals surface area contributed by atoms with Gasteiger partial charge in [0.15, 0.2) is 0 Å². The Balaban J connectivity index is 3.19. The van der Waals surface area contributed by atoms with Crippen LogP contribution in [-0.4, -0.2) is 29.4 Å². The lowest BCUT2D eigenvalue weighted by Crippen LogP contribution is -2.56. The van der Waals surface area contributed by atoms with E-state index < -0.39 is 23.3 Å². The summed E-state index contributed by atoms with van der Waals surface area (Å²) in [6.45, 7) is 8.82. The Labute approximate surface area is 142 Å². The highest BCUT2D eigenvalue weighted by molar-refractivity contribution is 5.68. The SMILES string of the molecule is CC(C)[C@H](NC(=O)OC(C)(C)C)[C@@](O)(CN=[N+]=[N-])c1ccccc1. The maximum atomic E-state index is 12.2. The topological polar surface area (TPSA) is 107 Å². The minimum atomic E-state index is -1.54. The number of nitrogens with zero attached hydrogens (tertiary/aromatic N) is 3. The van der Waals surface area contributed by atoms with Crippen molar-refractivity contribution in [2.24, 2.45) is 11.0 Å². The van der Waals surface area contributed by atoms with Crippen LogP contribution >= 0.6 is 0 Å². The molecule has 2 N–H and O–H groups in total. The highest BCUT2D eigenvalue weighted by atomic mass is 16.6. The molecule has 1 amide bonds. The van der Waals surface area contributed by atoms with Gasteiger partial charge in [0.2, 0.25) is 0 Å². The van der Waals surface area contributed by atoms with E-state index in [1.807, 2.05) is 19.9 Å². The summed E-state index contributed by atoms with van der Waals surface area (Å²) in [5.74, 6) is -0.128. The van der Waals surface area contributed by atoms with Gasteiger partial charge in [-0.1, -0.05) is 49.3 Å². The Hall–Kier alpha value is -2.24. The number of carbonyl (C=O) groups is 1. The first kappa shape index (κ1) is 19.8. The fourth-order valence-electron chi connectivity index (χ4n) is 2.51. The highest BCUT2D eigenvalue weighted by Crippen LogP contribution is 2.30. The number of rotatable bonds is 6. The summed E-state index contributed by atoms with van der Waals surface area (Å²) in [7, 11) is 0. The Bertz CT molecular complexity index is 592. The van der Waals surface area contributed by atoms with Gasteiger partial charge in [0.25, 0.3) is 0 Å². The zero-order chi connectivity index (χ0) is 18.4. The molecular formula is C17H26N4O3. The molecule has 0 spiro atoms. The van der Waals surface area contributed by atoms with E-state index in [0.29, 0.717) is 5.56 Å².